The summed E-state index contributed by atoms with van der Waals surface area (Å²) in [5, 5.41) is 14.3. The number of hydrogen-bond donors (Lipinski definition) is 3. The van der Waals surface area contributed by atoms with Gasteiger partial charge in [0.05, 0.1) is 37.6 Å². The highest BCUT2D eigenvalue weighted by Gasteiger charge is 2.25. The summed E-state index contributed by atoms with van der Waals surface area (Å²) in [4.78, 5) is 23.4. The van der Waals surface area contributed by atoms with Crippen molar-refractivity contribution >= 4 is 29.8 Å². The third kappa shape index (κ3) is 5.40. The van der Waals surface area contributed by atoms with E-state index in [2.05, 4.69) is 27.2 Å². The summed E-state index contributed by atoms with van der Waals surface area (Å²) in [5.41, 5.74) is 2.72. The Morgan fingerprint density at radius 2 is 1.97 bits per heavy atom. The van der Waals surface area contributed by atoms with Gasteiger partial charge >= 0.3 is 6.09 Å². The molecule has 2 aliphatic rings. The van der Waals surface area contributed by atoms with E-state index in [1.54, 1.807) is 12.1 Å². The van der Waals surface area contributed by atoms with Gasteiger partial charge in [-0.15, -0.1) is 0 Å². The molecule has 3 N–H and O–H groups in total. The van der Waals surface area contributed by atoms with E-state index >= 15 is 0 Å². The minimum atomic E-state index is -0.531. The molecule has 1 aromatic heterocycles. The Hall–Kier alpha value is -3.24. The number of anilines is 3. The molecule has 10 nitrogen and oxygen atoms in total. The lowest BCUT2D eigenvalue weighted by Crippen LogP contribution is -2.44. The molecule has 0 unspecified atom stereocenters. The van der Waals surface area contributed by atoms with Crippen molar-refractivity contribution in [3.8, 4) is 11.3 Å². The number of amides is 1. The molecule has 0 spiro atoms. The maximum Gasteiger partial charge on any atom is 0.411 e. The molecule has 33 heavy (non-hydrogen) atoms. The van der Waals surface area contributed by atoms with Crippen molar-refractivity contribution in [1.29, 1.82) is 5.41 Å². The Balaban J connectivity index is 0.00000324. The van der Waals surface area contributed by atoms with Gasteiger partial charge in [-0.05, 0) is 31.9 Å². The van der Waals surface area contributed by atoms with Crippen LogP contribution in [-0.2, 0) is 14.2 Å². The summed E-state index contributed by atoms with van der Waals surface area (Å²) in [6, 6.07) is 7.66. The number of methoxy groups -OCH3 is 1. The molecule has 0 aliphatic carbocycles. The molecular weight excluding hydrogens is 424 g/mol. The molecule has 1 aromatic carbocycles. The largest absolute Gasteiger partial charge is 0.453 e. The number of benzene rings is 1. The van der Waals surface area contributed by atoms with Crippen LogP contribution in [0.2, 0.25) is 0 Å². The molecule has 1 amide bonds. The first-order chi connectivity index (χ1) is 16.1. The molecule has 10 heteroatoms. The van der Waals surface area contributed by atoms with Crippen LogP contribution in [0.5, 0.6) is 0 Å². The third-order valence-electron chi connectivity index (χ3n) is 5.85. The number of nitrogens with zero attached hydrogens (tertiary/aromatic N) is 3. The first kappa shape index (κ1) is 22.9. The van der Waals surface area contributed by atoms with E-state index in [-0.39, 0.29) is 13.5 Å². The van der Waals surface area contributed by atoms with E-state index in [0.29, 0.717) is 61.7 Å². The van der Waals surface area contributed by atoms with Gasteiger partial charge in [-0.2, -0.15) is 4.98 Å². The average Bonchev–Trinajstić information content (AvgIpc) is 2.85. The zero-order valence-corrected chi connectivity index (χ0v) is 19.0. The molecule has 3 heterocycles. The van der Waals surface area contributed by atoms with Crippen LogP contribution in [0.25, 0.3) is 11.3 Å². The zero-order valence-electron chi connectivity index (χ0n) is 19.0. The van der Waals surface area contributed by atoms with Crippen molar-refractivity contribution < 1.29 is 20.4 Å². The minimum absolute atomic E-state index is 0. The van der Waals surface area contributed by atoms with Crippen LogP contribution < -0.4 is 15.5 Å². The lowest BCUT2D eigenvalue weighted by molar-refractivity contribution is 0.0903. The highest BCUT2D eigenvalue weighted by atomic mass is 16.5. The Kier molecular flexibility index (Phi) is 7.36. The number of ether oxygens (including phenoxy) is 3. The van der Waals surface area contributed by atoms with Crippen molar-refractivity contribution in [3.05, 3.63) is 29.8 Å². The maximum atomic E-state index is 11.5. The van der Waals surface area contributed by atoms with E-state index in [4.69, 9.17) is 24.9 Å². The number of carbonyl (C=O) groups is 1. The smallest absolute Gasteiger partial charge is 0.411 e. The predicted molar refractivity (Wildman–Crippen MR) is 129 cm³/mol. The first-order valence-electron chi connectivity index (χ1n) is 11.2. The molecule has 2 aliphatic heterocycles. The number of aromatic nitrogens is 2. The molecule has 2 aromatic rings. The van der Waals surface area contributed by atoms with Gasteiger partial charge in [0.25, 0.3) is 0 Å². The topological polar surface area (TPSA) is 122 Å². The van der Waals surface area contributed by atoms with E-state index < -0.39 is 6.09 Å². The van der Waals surface area contributed by atoms with E-state index in [1.807, 2.05) is 12.1 Å². The van der Waals surface area contributed by atoms with Gasteiger partial charge < -0.3 is 29.8 Å². The number of hydrogen-bond acceptors (Lipinski definition) is 9. The second kappa shape index (κ2) is 10.6. The lowest BCUT2D eigenvalue weighted by atomic mass is 10.0. The summed E-state index contributed by atoms with van der Waals surface area (Å²) in [6.07, 6.45) is 2.53. The molecule has 1 atom stereocenters. The molecule has 2 fully saturated rings. The van der Waals surface area contributed by atoms with Gasteiger partial charge in [0.1, 0.15) is 5.82 Å². The third-order valence-corrected chi connectivity index (χ3v) is 5.85. The lowest BCUT2D eigenvalue weighted by Gasteiger charge is -2.34. The van der Waals surface area contributed by atoms with Crippen LogP contribution in [0.15, 0.2) is 24.3 Å². The first-order valence-corrected chi connectivity index (χ1v) is 11.2. The monoisotopic (exact) mass is 456 g/mol. The Morgan fingerprint density at radius 3 is 2.64 bits per heavy atom. The van der Waals surface area contributed by atoms with Crippen molar-refractivity contribution in [2.75, 3.05) is 55.6 Å². The Morgan fingerprint density at radius 1 is 1.21 bits per heavy atom. The summed E-state index contributed by atoms with van der Waals surface area (Å²) < 4.78 is 15.7. The standard InChI is InChI=1S/C23H30N6O4.H2/c1-15-14-33-12-9-29(15)22-27-20(16-3-5-17(6-4-16)26-23(30)31-2)19(13-24)21(28-22)25-18-7-10-32-11-8-18;/h3-6,13,15,18,24H,7-12,14H2,1-2H3,(H,26,30)(H,25,27,28);1H/t15-;/m1./s1. The van der Waals surface area contributed by atoms with Gasteiger partial charge in [-0.3, -0.25) is 5.32 Å². The van der Waals surface area contributed by atoms with E-state index in [9.17, 15) is 4.79 Å². The normalized spacial score (nSPS) is 19.1. The fourth-order valence-electron chi connectivity index (χ4n) is 3.99. The molecule has 2 saturated heterocycles. The SMILES string of the molecule is COC(=O)Nc1ccc(-c2nc(N3CCOC[C@H]3C)nc(NC3CCOCC3)c2C=N)cc1.[HH]. The Labute approximate surface area is 194 Å². The van der Waals surface area contributed by atoms with Gasteiger partial charge in [0, 0.05) is 44.7 Å². The van der Waals surface area contributed by atoms with Gasteiger partial charge in [-0.1, -0.05) is 12.1 Å². The average molecular weight is 457 g/mol. The van der Waals surface area contributed by atoms with E-state index in [1.165, 1.54) is 13.3 Å². The fourth-order valence-corrected chi connectivity index (χ4v) is 3.99. The van der Waals surface area contributed by atoms with E-state index in [0.717, 1.165) is 18.4 Å². The molecule has 0 saturated carbocycles. The quantitative estimate of drug-likeness (QED) is 0.566. The number of nitrogens with one attached hydrogen (secondary N) is 3. The molecular formula is C23H32N6O4. The van der Waals surface area contributed by atoms with Crippen molar-refractivity contribution in [2.45, 2.75) is 31.8 Å². The minimum Gasteiger partial charge on any atom is -0.453 e. The summed E-state index contributed by atoms with van der Waals surface area (Å²) in [6.45, 7) is 5.43. The summed E-state index contributed by atoms with van der Waals surface area (Å²) >= 11 is 0. The van der Waals surface area contributed by atoms with Crippen LogP contribution in [0, 0.1) is 5.41 Å². The summed E-state index contributed by atoms with van der Waals surface area (Å²) in [7, 11) is 1.32. The predicted octanol–water partition coefficient (Wildman–Crippen LogP) is 3.38. The van der Waals surface area contributed by atoms with Crippen LogP contribution in [0.1, 0.15) is 26.8 Å². The fraction of sp³-hybridized carbons (Fsp3) is 0.478. The van der Waals surface area contributed by atoms with Crippen LogP contribution in [-0.4, -0.2) is 74.4 Å². The Bertz CT molecular complexity index is 984. The number of carbonyl (C=O) groups excluding carboxylic acids is 1. The summed E-state index contributed by atoms with van der Waals surface area (Å²) in [5.74, 6) is 1.25. The van der Waals surface area contributed by atoms with Crippen LogP contribution >= 0.6 is 0 Å². The molecule has 0 bridgehead atoms. The molecule has 4 rings (SSSR count). The highest BCUT2D eigenvalue weighted by molar-refractivity contribution is 5.94. The molecule has 178 valence electrons. The van der Waals surface area contributed by atoms with Gasteiger partial charge in [0.15, 0.2) is 0 Å². The number of rotatable bonds is 6. The van der Waals surface area contributed by atoms with Gasteiger partial charge in [-0.25, -0.2) is 9.78 Å². The van der Waals surface area contributed by atoms with Crippen LogP contribution in [0.4, 0.5) is 22.2 Å². The second-order valence-corrected chi connectivity index (χ2v) is 8.12. The number of morpholine rings is 1. The maximum absolute atomic E-state index is 11.5. The zero-order chi connectivity index (χ0) is 23.2. The van der Waals surface area contributed by atoms with Crippen molar-refractivity contribution in [2.24, 2.45) is 0 Å². The van der Waals surface area contributed by atoms with Gasteiger partial charge in [0.2, 0.25) is 5.95 Å². The highest BCUT2D eigenvalue weighted by Crippen LogP contribution is 2.31. The molecule has 0 radical (unpaired) electrons. The second-order valence-electron chi connectivity index (χ2n) is 8.12. The van der Waals surface area contributed by atoms with Crippen LogP contribution in [0.3, 0.4) is 0 Å². The van der Waals surface area contributed by atoms with Crippen molar-refractivity contribution in [1.82, 2.24) is 9.97 Å². The van der Waals surface area contributed by atoms with Crippen molar-refractivity contribution in [3.63, 3.8) is 0 Å².